The first-order valence-electron chi connectivity index (χ1n) is 7.27. The molecule has 0 fully saturated rings. The fraction of sp³-hybridized carbons (Fsp3) is 0.118. The van der Waals surface area contributed by atoms with E-state index in [-0.39, 0.29) is 22.1 Å². The quantitative estimate of drug-likeness (QED) is 0.703. The Balaban J connectivity index is 2.10. The van der Waals surface area contributed by atoms with Gasteiger partial charge in [-0.25, -0.2) is 9.37 Å². The van der Waals surface area contributed by atoms with Gasteiger partial charge in [0, 0.05) is 29.8 Å². The van der Waals surface area contributed by atoms with Crippen molar-refractivity contribution in [1.29, 1.82) is 0 Å². The molecule has 0 unspecified atom stereocenters. The average Bonchev–Trinajstić information content (AvgIpc) is 2.99. The molecule has 3 rings (SSSR count). The van der Waals surface area contributed by atoms with Crippen molar-refractivity contribution in [2.24, 2.45) is 0 Å². The maximum Gasteiger partial charge on any atom is 0.225 e. The van der Waals surface area contributed by atoms with Crippen LogP contribution in [0, 0.1) is 5.82 Å². The van der Waals surface area contributed by atoms with Gasteiger partial charge in [-0.1, -0.05) is 24.6 Å². The number of pyridine rings is 1. The number of aromatic nitrogens is 2. The molecule has 7 heteroatoms. The molecule has 3 aromatic rings. The number of carbonyl (C=O) groups excluding carboxylic acids is 2. The van der Waals surface area contributed by atoms with Crippen molar-refractivity contribution in [3.8, 4) is 0 Å². The zero-order valence-electron chi connectivity index (χ0n) is 12.7. The van der Waals surface area contributed by atoms with E-state index < -0.39 is 11.6 Å². The first kappa shape index (κ1) is 16.1. The van der Waals surface area contributed by atoms with Gasteiger partial charge >= 0.3 is 0 Å². The van der Waals surface area contributed by atoms with Crippen LogP contribution in [0.3, 0.4) is 0 Å². The molecule has 122 valence electrons. The van der Waals surface area contributed by atoms with Gasteiger partial charge in [0.2, 0.25) is 5.91 Å². The topological polar surface area (TPSA) is 74.8 Å². The molecule has 0 spiro atoms. The van der Waals surface area contributed by atoms with Crippen LogP contribution in [-0.2, 0) is 4.79 Å². The van der Waals surface area contributed by atoms with E-state index in [0.29, 0.717) is 23.1 Å². The van der Waals surface area contributed by atoms with E-state index in [2.05, 4.69) is 15.3 Å². The molecule has 0 bridgehead atoms. The van der Waals surface area contributed by atoms with Crippen LogP contribution in [0.4, 0.5) is 10.2 Å². The van der Waals surface area contributed by atoms with Gasteiger partial charge in [-0.15, -0.1) is 0 Å². The summed E-state index contributed by atoms with van der Waals surface area (Å²) in [6.45, 7) is 1.72. The number of rotatable bonds is 4. The summed E-state index contributed by atoms with van der Waals surface area (Å²) in [7, 11) is 0. The van der Waals surface area contributed by atoms with Crippen LogP contribution in [0.25, 0.3) is 10.9 Å². The monoisotopic (exact) mass is 345 g/mol. The largest absolute Gasteiger partial charge is 0.357 e. The van der Waals surface area contributed by atoms with Gasteiger partial charge in [0.05, 0.1) is 16.1 Å². The summed E-state index contributed by atoms with van der Waals surface area (Å²) in [5.74, 6) is -1.11. The zero-order chi connectivity index (χ0) is 17.3. The molecule has 0 radical (unpaired) electrons. The minimum absolute atomic E-state index is 0.0444. The van der Waals surface area contributed by atoms with Crippen molar-refractivity contribution in [1.82, 2.24) is 9.97 Å². The molecular formula is C17H13ClFN3O2. The Morgan fingerprint density at radius 1 is 1.33 bits per heavy atom. The first-order chi connectivity index (χ1) is 11.5. The van der Waals surface area contributed by atoms with E-state index in [1.807, 2.05) is 0 Å². The number of H-pyrrole nitrogens is 1. The van der Waals surface area contributed by atoms with E-state index in [4.69, 9.17) is 11.6 Å². The molecule has 2 heterocycles. The van der Waals surface area contributed by atoms with Crippen molar-refractivity contribution in [2.45, 2.75) is 13.3 Å². The fourth-order valence-electron chi connectivity index (χ4n) is 2.41. The van der Waals surface area contributed by atoms with Crippen LogP contribution in [0.1, 0.15) is 29.3 Å². The summed E-state index contributed by atoms with van der Waals surface area (Å²) >= 11 is 5.97. The van der Waals surface area contributed by atoms with Gasteiger partial charge < -0.3 is 10.3 Å². The molecule has 0 aliphatic carbocycles. The van der Waals surface area contributed by atoms with Crippen LogP contribution in [0.15, 0.2) is 36.7 Å². The molecule has 0 aliphatic rings. The van der Waals surface area contributed by atoms with E-state index in [9.17, 15) is 14.0 Å². The summed E-state index contributed by atoms with van der Waals surface area (Å²) < 4.78 is 14.0. The van der Waals surface area contributed by atoms with Gasteiger partial charge in [0.15, 0.2) is 11.6 Å². The molecule has 0 saturated heterocycles. The summed E-state index contributed by atoms with van der Waals surface area (Å²) in [5, 5.41) is 3.23. The number of hydrogen-bond donors (Lipinski definition) is 2. The molecule has 24 heavy (non-hydrogen) atoms. The summed E-state index contributed by atoms with van der Waals surface area (Å²) in [4.78, 5) is 31.3. The molecular weight excluding hydrogens is 333 g/mol. The van der Waals surface area contributed by atoms with Gasteiger partial charge in [-0.2, -0.15) is 0 Å². The minimum atomic E-state index is -0.685. The predicted octanol–water partition coefficient (Wildman–Crippen LogP) is 3.93. The first-order valence-corrected chi connectivity index (χ1v) is 7.65. The number of aromatic amines is 1. The van der Waals surface area contributed by atoms with Gasteiger partial charge in [0.1, 0.15) is 5.82 Å². The third kappa shape index (κ3) is 2.76. The lowest BCUT2D eigenvalue weighted by Gasteiger charge is -2.05. The van der Waals surface area contributed by atoms with Crippen LogP contribution >= 0.6 is 11.6 Å². The number of benzene rings is 1. The Kier molecular flexibility index (Phi) is 4.31. The number of fused-ring (bicyclic) bond motifs is 1. The Bertz CT molecular complexity index is 932. The van der Waals surface area contributed by atoms with Gasteiger partial charge in [-0.05, 0) is 18.2 Å². The van der Waals surface area contributed by atoms with Crippen molar-refractivity contribution in [2.75, 3.05) is 5.32 Å². The molecule has 0 saturated carbocycles. The van der Waals surface area contributed by atoms with E-state index in [1.54, 1.807) is 13.0 Å². The Morgan fingerprint density at radius 3 is 2.83 bits per heavy atom. The van der Waals surface area contributed by atoms with Crippen LogP contribution in [0.5, 0.6) is 0 Å². The fourth-order valence-corrected chi connectivity index (χ4v) is 2.66. The summed E-state index contributed by atoms with van der Waals surface area (Å²) in [6, 6.07) is 5.70. The average molecular weight is 346 g/mol. The van der Waals surface area contributed by atoms with Crippen molar-refractivity contribution in [3.63, 3.8) is 0 Å². The highest BCUT2D eigenvalue weighted by Crippen LogP contribution is 2.28. The molecule has 1 amide bonds. The molecule has 2 N–H and O–H groups in total. The maximum absolute atomic E-state index is 14.0. The second-order valence-corrected chi connectivity index (χ2v) is 5.52. The number of halogens is 2. The lowest BCUT2D eigenvalue weighted by atomic mass is 10.0. The number of ketones is 1. The highest BCUT2D eigenvalue weighted by atomic mass is 35.5. The number of nitrogens with zero attached hydrogens (tertiary/aromatic N) is 1. The van der Waals surface area contributed by atoms with E-state index in [0.717, 1.165) is 0 Å². The standard InChI is InChI=1S/C17H13ClFN3O2/c1-2-13(23)22-17-15-9(6-7-20-17)10(8-21-15)16(24)14-11(18)4-3-5-12(14)19/h3-8,21H,2H2,1H3,(H,20,22,23). The summed E-state index contributed by atoms with van der Waals surface area (Å²) in [6.07, 6.45) is 3.23. The third-order valence-corrected chi connectivity index (χ3v) is 3.93. The lowest BCUT2D eigenvalue weighted by molar-refractivity contribution is -0.115. The zero-order valence-corrected chi connectivity index (χ0v) is 13.4. The number of anilines is 1. The third-order valence-electron chi connectivity index (χ3n) is 3.62. The minimum Gasteiger partial charge on any atom is -0.357 e. The molecule has 2 aromatic heterocycles. The van der Waals surface area contributed by atoms with E-state index >= 15 is 0 Å². The summed E-state index contributed by atoms with van der Waals surface area (Å²) in [5.41, 5.74) is 0.567. The van der Waals surface area contributed by atoms with Crippen LogP contribution in [0.2, 0.25) is 5.02 Å². The Morgan fingerprint density at radius 2 is 2.12 bits per heavy atom. The highest BCUT2D eigenvalue weighted by Gasteiger charge is 2.21. The highest BCUT2D eigenvalue weighted by molar-refractivity contribution is 6.35. The van der Waals surface area contributed by atoms with Crippen LogP contribution < -0.4 is 5.32 Å². The molecule has 5 nitrogen and oxygen atoms in total. The predicted molar refractivity (Wildman–Crippen MR) is 89.9 cm³/mol. The smallest absolute Gasteiger partial charge is 0.225 e. The number of nitrogens with one attached hydrogen (secondary N) is 2. The number of carbonyl (C=O) groups is 2. The maximum atomic E-state index is 14.0. The van der Waals surface area contributed by atoms with Gasteiger partial charge in [-0.3, -0.25) is 9.59 Å². The normalized spacial score (nSPS) is 10.8. The molecule has 0 atom stereocenters. The lowest BCUT2D eigenvalue weighted by Crippen LogP contribution is -2.11. The molecule has 1 aromatic carbocycles. The van der Waals surface area contributed by atoms with Crippen molar-refractivity contribution >= 4 is 40.0 Å². The van der Waals surface area contributed by atoms with Crippen LogP contribution in [-0.4, -0.2) is 21.7 Å². The Hall–Kier alpha value is -2.73. The second-order valence-electron chi connectivity index (χ2n) is 5.11. The van der Waals surface area contributed by atoms with Crippen molar-refractivity contribution < 1.29 is 14.0 Å². The SMILES string of the molecule is CCC(=O)Nc1nccc2c(C(=O)c3c(F)cccc3Cl)c[nH]c12. The van der Waals surface area contributed by atoms with E-state index in [1.165, 1.54) is 30.6 Å². The molecule has 0 aliphatic heterocycles. The van der Waals surface area contributed by atoms with Crippen molar-refractivity contribution in [3.05, 3.63) is 58.6 Å². The number of hydrogen-bond acceptors (Lipinski definition) is 3. The van der Waals surface area contributed by atoms with Gasteiger partial charge in [0.25, 0.3) is 0 Å². The number of amides is 1. The second kappa shape index (κ2) is 6.41. The Labute approximate surface area is 141 Å².